The molecule has 0 fully saturated rings. The van der Waals surface area contributed by atoms with Gasteiger partial charge in [-0.15, -0.1) is 11.3 Å². The lowest BCUT2D eigenvalue weighted by Gasteiger charge is -1.96. The molecule has 3 heteroatoms. The molecule has 2 aromatic rings. The van der Waals surface area contributed by atoms with Crippen LogP contribution < -0.4 is 0 Å². The molecule has 0 amide bonds. The lowest BCUT2D eigenvalue weighted by Crippen LogP contribution is -1.70. The molecule has 13 heavy (non-hydrogen) atoms. The van der Waals surface area contributed by atoms with Crippen molar-refractivity contribution in [3.8, 4) is 10.4 Å². The molecule has 1 radical (unpaired) electrons. The molecule has 0 nitrogen and oxygen atoms in total. The van der Waals surface area contributed by atoms with Crippen molar-refractivity contribution in [2.45, 2.75) is 0 Å². The first-order chi connectivity index (χ1) is 6.25. The third-order valence-electron chi connectivity index (χ3n) is 1.62. The number of thiophene rings is 1. The van der Waals surface area contributed by atoms with Crippen molar-refractivity contribution in [3.05, 3.63) is 45.8 Å². The Hall–Kier alpha value is -0.500. The molecule has 1 aromatic heterocycles. The molecule has 0 aliphatic rings. The summed E-state index contributed by atoms with van der Waals surface area (Å²) in [6.07, 6.45) is 0. The topological polar surface area (TPSA) is 0 Å². The van der Waals surface area contributed by atoms with Gasteiger partial charge in [-0.1, -0.05) is 35.3 Å². The van der Waals surface area contributed by atoms with E-state index in [0.717, 1.165) is 14.8 Å². The van der Waals surface area contributed by atoms with E-state index in [9.17, 15) is 0 Å². The Bertz CT molecular complexity index is 420. The van der Waals surface area contributed by atoms with Crippen LogP contribution in [0.3, 0.4) is 0 Å². The summed E-state index contributed by atoms with van der Waals surface area (Å²) in [6.45, 7) is 0. The molecule has 65 valence electrons. The van der Waals surface area contributed by atoms with Crippen LogP contribution in [0.5, 0.6) is 0 Å². The van der Waals surface area contributed by atoms with Gasteiger partial charge in [0.2, 0.25) is 0 Å². The van der Waals surface area contributed by atoms with Crippen LogP contribution in [0.15, 0.2) is 30.3 Å². The van der Waals surface area contributed by atoms with Gasteiger partial charge in [0.05, 0.1) is 4.34 Å². The zero-order valence-corrected chi connectivity index (χ0v) is 8.88. The van der Waals surface area contributed by atoms with E-state index in [2.05, 4.69) is 6.07 Å². The van der Waals surface area contributed by atoms with Crippen LogP contribution in [0, 0.1) is 6.07 Å². The molecular weight excluding hydrogens is 223 g/mol. The second kappa shape index (κ2) is 3.70. The van der Waals surface area contributed by atoms with Crippen molar-refractivity contribution in [1.29, 1.82) is 0 Å². The van der Waals surface area contributed by atoms with E-state index in [1.807, 2.05) is 30.3 Å². The Kier molecular flexibility index (Phi) is 2.58. The fourth-order valence-electron chi connectivity index (χ4n) is 1.06. The van der Waals surface area contributed by atoms with Crippen LogP contribution in [0.1, 0.15) is 0 Å². The summed E-state index contributed by atoms with van der Waals surface area (Å²) in [5, 5.41) is 0.627. The average Bonchev–Trinajstić information content (AvgIpc) is 2.52. The minimum absolute atomic E-state index is 0.627. The summed E-state index contributed by atoms with van der Waals surface area (Å²) in [7, 11) is 0. The molecule has 1 aromatic carbocycles. The van der Waals surface area contributed by atoms with E-state index in [1.54, 1.807) is 11.3 Å². The van der Waals surface area contributed by atoms with E-state index in [-0.39, 0.29) is 0 Å². The van der Waals surface area contributed by atoms with E-state index < -0.39 is 0 Å². The average molecular weight is 228 g/mol. The molecule has 0 spiro atoms. The van der Waals surface area contributed by atoms with Crippen LogP contribution in [-0.2, 0) is 0 Å². The van der Waals surface area contributed by atoms with Crippen LogP contribution in [-0.4, -0.2) is 0 Å². The van der Waals surface area contributed by atoms with Crippen molar-refractivity contribution < 1.29 is 0 Å². The van der Waals surface area contributed by atoms with Gasteiger partial charge in [-0.2, -0.15) is 0 Å². The molecule has 0 atom stereocenters. The van der Waals surface area contributed by atoms with Gasteiger partial charge in [0.1, 0.15) is 0 Å². The Morgan fingerprint density at radius 3 is 2.62 bits per heavy atom. The number of hydrogen-bond acceptors (Lipinski definition) is 1. The molecule has 0 bridgehead atoms. The smallest absolute Gasteiger partial charge is 0.0934 e. The molecule has 0 N–H and O–H groups in total. The summed E-state index contributed by atoms with van der Waals surface area (Å²) in [5.74, 6) is 0. The van der Waals surface area contributed by atoms with Crippen molar-refractivity contribution >= 4 is 34.5 Å². The van der Waals surface area contributed by atoms with Gasteiger partial charge >= 0.3 is 0 Å². The number of rotatable bonds is 1. The van der Waals surface area contributed by atoms with E-state index in [4.69, 9.17) is 23.2 Å². The molecular formula is C10H5Cl2S. The minimum Gasteiger partial charge on any atom is -0.123 e. The highest BCUT2D eigenvalue weighted by Crippen LogP contribution is 2.31. The Morgan fingerprint density at radius 1 is 1.15 bits per heavy atom. The van der Waals surface area contributed by atoms with Crippen LogP contribution in [0.2, 0.25) is 9.36 Å². The largest absolute Gasteiger partial charge is 0.123 e. The summed E-state index contributed by atoms with van der Waals surface area (Å²) >= 11 is 13.2. The quantitative estimate of drug-likeness (QED) is 0.673. The summed E-state index contributed by atoms with van der Waals surface area (Å²) in [6, 6.07) is 12.4. The monoisotopic (exact) mass is 227 g/mol. The predicted octanol–water partition coefficient (Wildman–Crippen LogP) is 4.52. The zero-order valence-electron chi connectivity index (χ0n) is 6.55. The van der Waals surface area contributed by atoms with Crippen molar-refractivity contribution in [2.75, 3.05) is 0 Å². The van der Waals surface area contributed by atoms with Gasteiger partial charge in [0.25, 0.3) is 0 Å². The standard InChI is InChI=1S/C10H5Cl2S/c11-8-3-1-2-7(6-8)9-4-5-10(12)13-9/h1-2,4-6H. The second-order valence-electron chi connectivity index (χ2n) is 2.53. The molecule has 2 rings (SSSR count). The van der Waals surface area contributed by atoms with E-state index in [0.29, 0.717) is 5.02 Å². The Balaban J connectivity index is 2.46. The third-order valence-corrected chi connectivity index (χ3v) is 3.12. The fourth-order valence-corrected chi connectivity index (χ4v) is 2.28. The van der Waals surface area contributed by atoms with Gasteiger partial charge in [0.15, 0.2) is 0 Å². The van der Waals surface area contributed by atoms with Gasteiger partial charge in [0, 0.05) is 16.0 Å². The predicted molar refractivity (Wildman–Crippen MR) is 58.6 cm³/mol. The number of benzene rings is 1. The van der Waals surface area contributed by atoms with E-state index >= 15 is 0 Å². The second-order valence-corrected chi connectivity index (χ2v) is 4.65. The Labute approximate surface area is 90.7 Å². The maximum Gasteiger partial charge on any atom is 0.0934 e. The zero-order chi connectivity index (χ0) is 9.26. The first-order valence-corrected chi connectivity index (χ1v) is 5.26. The third kappa shape index (κ3) is 2.05. The van der Waals surface area contributed by atoms with Crippen LogP contribution in [0.4, 0.5) is 0 Å². The summed E-state index contributed by atoms with van der Waals surface area (Å²) < 4.78 is 0.791. The highest BCUT2D eigenvalue weighted by molar-refractivity contribution is 7.19. The lowest BCUT2D eigenvalue weighted by atomic mass is 10.2. The molecule has 0 saturated heterocycles. The van der Waals surface area contributed by atoms with Crippen molar-refractivity contribution in [1.82, 2.24) is 0 Å². The SMILES string of the molecule is Clc1[c]ccc(-c2ccc(Cl)s2)c1. The first-order valence-electron chi connectivity index (χ1n) is 3.68. The lowest BCUT2D eigenvalue weighted by molar-refractivity contribution is 1.68. The number of halogens is 2. The Morgan fingerprint density at radius 2 is 2.00 bits per heavy atom. The normalized spacial score (nSPS) is 10.3. The minimum atomic E-state index is 0.627. The van der Waals surface area contributed by atoms with Crippen molar-refractivity contribution in [3.63, 3.8) is 0 Å². The first kappa shape index (κ1) is 9.07. The molecule has 0 saturated carbocycles. The highest BCUT2D eigenvalue weighted by atomic mass is 35.5. The van der Waals surface area contributed by atoms with Crippen LogP contribution >= 0.6 is 34.5 Å². The molecule has 0 aliphatic carbocycles. The molecule has 1 heterocycles. The fraction of sp³-hybridized carbons (Fsp3) is 0. The molecule has 0 aliphatic heterocycles. The van der Waals surface area contributed by atoms with E-state index in [1.165, 1.54) is 0 Å². The van der Waals surface area contributed by atoms with Crippen molar-refractivity contribution in [2.24, 2.45) is 0 Å². The maximum absolute atomic E-state index is 5.83. The molecule has 0 unspecified atom stereocenters. The summed E-state index contributed by atoms with van der Waals surface area (Å²) in [4.78, 5) is 1.13. The van der Waals surface area contributed by atoms with Gasteiger partial charge in [-0.25, -0.2) is 0 Å². The van der Waals surface area contributed by atoms with Gasteiger partial charge in [-0.3, -0.25) is 0 Å². The van der Waals surface area contributed by atoms with Crippen LogP contribution in [0.25, 0.3) is 10.4 Å². The highest BCUT2D eigenvalue weighted by Gasteiger charge is 2.01. The van der Waals surface area contributed by atoms with Gasteiger partial charge in [-0.05, 0) is 23.8 Å². The number of hydrogen-bond donors (Lipinski definition) is 0. The van der Waals surface area contributed by atoms with Gasteiger partial charge < -0.3 is 0 Å². The summed E-state index contributed by atoms with van der Waals surface area (Å²) in [5.41, 5.74) is 1.08. The maximum atomic E-state index is 5.83.